The fourth-order valence-corrected chi connectivity index (χ4v) is 3.26. The van der Waals surface area contributed by atoms with E-state index in [1.807, 2.05) is 25.3 Å². The molecule has 1 aromatic carbocycles. The molecule has 0 aliphatic heterocycles. The van der Waals surface area contributed by atoms with Gasteiger partial charge in [0, 0.05) is 18.9 Å². The summed E-state index contributed by atoms with van der Waals surface area (Å²) in [6.07, 6.45) is 3.73. The summed E-state index contributed by atoms with van der Waals surface area (Å²) in [6, 6.07) is 3.95. The van der Waals surface area contributed by atoms with Crippen LogP contribution in [0.1, 0.15) is 11.4 Å². The molecule has 0 atom stereocenters. The van der Waals surface area contributed by atoms with E-state index in [9.17, 15) is 0 Å². The number of ether oxygens (including phenoxy) is 1. The van der Waals surface area contributed by atoms with Gasteiger partial charge in [0.2, 0.25) is 0 Å². The van der Waals surface area contributed by atoms with Gasteiger partial charge < -0.3 is 15.0 Å². The molecule has 1 aromatic heterocycles. The molecular formula is C13H15Br2N3O. The molecule has 0 saturated carbocycles. The van der Waals surface area contributed by atoms with Gasteiger partial charge in [-0.3, -0.25) is 0 Å². The summed E-state index contributed by atoms with van der Waals surface area (Å²) in [5.41, 5.74) is 6.68. The number of imidazole rings is 1. The maximum Gasteiger partial charge on any atom is 0.147 e. The van der Waals surface area contributed by atoms with E-state index in [0.717, 1.165) is 32.6 Å². The summed E-state index contributed by atoms with van der Waals surface area (Å²) >= 11 is 7.00. The average Bonchev–Trinajstić information content (AvgIpc) is 2.78. The number of hydrogen-bond acceptors (Lipinski definition) is 3. The minimum Gasteiger partial charge on any atom is -0.489 e. The highest BCUT2D eigenvalue weighted by Crippen LogP contribution is 2.34. The Balaban J connectivity index is 2.02. The topological polar surface area (TPSA) is 53.1 Å². The Bertz CT molecular complexity index is 546. The number of aromatic nitrogens is 2. The smallest absolute Gasteiger partial charge is 0.147 e. The Morgan fingerprint density at radius 2 is 2.00 bits per heavy atom. The van der Waals surface area contributed by atoms with Crippen LogP contribution in [0.5, 0.6) is 5.75 Å². The van der Waals surface area contributed by atoms with E-state index in [0.29, 0.717) is 13.2 Å². The molecule has 0 fully saturated rings. The van der Waals surface area contributed by atoms with Gasteiger partial charge in [0.15, 0.2) is 0 Å². The van der Waals surface area contributed by atoms with Crippen LogP contribution in [-0.4, -0.2) is 16.2 Å². The molecule has 0 radical (unpaired) electrons. The van der Waals surface area contributed by atoms with Crippen LogP contribution in [0, 0.1) is 6.92 Å². The Kier molecular flexibility index (Phi) is 5.01. The Labute approximate surface area is 129 Å². The third-order valence-electron chi connectivity index (χ3n) is 2.80. The minimum absolute atomic E-state index is 0.506. The van der Waals surface area contributed by atoms with Crippen LogP contribution in [0.2, 0.25) is 0 Å². The lowest BCUT2D eigenvalue weighted by Crippen LogP contribution is -2.09. The van der Waals surface area contributed by atoms with Gasteiger partial charge in [0.25, 0.3) is 0 Å². The maximum absolute atomic E-state index is 5.81. The van der Waals surface area contributed by atoms with Crippen molar-refractivity contribution in [2.75, 3.05) is 6.61 Å². The van der Waals surface area contributed by atoms with Gasteiger partial charge in [0.1, 0.15) is 18.2 Å². The zero-order chi connectivity index (χ0) is 13.8. The first-order valence-electron chi connectivity index (χ1n) is 5.90. The van der Waals surface area contributed by atoms with Crippen LogP contribution < -0.4 is 10.5 Å². The van der Waals surface area contributed by atoms with Gasteiger partial charge in [-0.25, -0.2) is 4.98 Å². The quantitative estimate of drug-likeness (QED) is 0.855. The third kappa shape index (κ3) is 3.58. The van der Waals surface area contributed by atoms with Gasteiger partial charge in [0.05, 0.1) is 15.5 Å². The first-order chi connectivity index (χ1) is 9.11. The highest BCUT2D eigenvalue weighted by Gasteiger charge is 2.08. The first kappa shape index (κ1) is 14.6. The molecule has 2 rings (SSSR count). The lowest BCUT2D eigenvalue weighted by atomic mass is 10.2. The number of nitrogens with zero attached hydrogens (tertiary/aromatic N) is 2. The largest absolute Gasteiger partial charge is 0.489 e. The predicted molar refractivity (Wildman–Crippen MR) is 82.2 cm³/mol. The second kappa shape index (κ2) is 6.54. The fraction of sp³-hybridized carbons (Fsp3) is 0.308. The molecule has 0 unspecified atom stereocenters. The van der Waals surface area contributed by atoms with Crippen molar-refractivity contribution in [1.29, 1.82) is 0 Å². The van der Waals surface area contributed by atoms with Crippen LogP contribution in [0.15, 0.2) is 33.5 Å². The summed E-state index contributed by atoms with van der Waals surface area (Å²) in [5.74, 6) is 1.79. The zero-order valence-electron chi connectivity index (χ0n) is 10.6. The van der Waals surface area contributed by atoms with E-state index in [1.54, 1.807) is 6.20 Å². The van der Waals surface area contributed by atoms with E-state index >= 15 is 0 Å². The molecule has 1 heterocycles. The first-order valence-corrected chi connectivity index (χ1v) is 7.49. The predicted octanol–water partition coefficient (Wildman–Crippen LogP) is 3.25. The van der Waals surface area contributed by atoms with Crippen molar-refractivity contribution in [3.8, 4) is 5.75 Å². The number of benzene rings is 1. The standard InChI is InChI=1S/C13H15Br2N3O/c1-9-17-2-3-18(9)4-5-19-13-11(14)6-10(8-16)7-12(13)15/h2-3,6-7H,4-5,8,16H2,1H3. The molecule has 0 aliphatic carbocycles. The summed E-state index contributed by atoms with van der Waals surface area (Å²) in [4.78, 5) is 4.18. The molecule has 2 N–H and O–H groups in total. The van der Waals surface area contributed by atoms with Crippen LogP contribution in [0.3, 0.4) is 0 Å². The monoisotopic (exact) mass is 387 g/mol. The molecule has 4 nitrogen and oxygen atoms in total. The van der Waals surface area contributed by atoms with Crippen molar-refractivity contribution >= 4 is 31.9 Å². The Morgan fingerprint density at radius 1 is 1.32 bits per heavy atom. The second-order valence-electron chi connectivity index (χ2n) is 4.11. The van der Waals surface area contributed by atoms with Crippen LogP contribution in [0.4, 0.5) is 0 Å². The van der Waals surface area contributed by atoms with E-state index in [1.165, 1.54) is 0 Å². The van der Waals surface area contributed by atoms with Gasteiger partial charge >= 0.3 is 0 Å². The molecule has 2 aromatic rings. The molecule has 6 heteroatoms. The van der Waals surface area contributed by atoms with Crippen molar-refractivity contribution in [3.63, 3.8) is 0 Å². The summed E-state index contributed by atoms with van der Waals surface area (Å²) in [6.45, 7) is 3.83. The number of nitrogens with two attached hydrogens (primary N) is 1. The SMILES string of the molecule is Cc1nccn1CCOc1c(Br)cc(CN)cc1Br. The number of hydrogen-bond donors (Lipinski definition) is 1. The fourth-order valence-electron chi connectivity index (χ4n) is 1.75. The van der Waals surface area contributed by atoms with E-state index in [-0.39, 0.29) is 0 Å². The van der Waals surface area contributed by atoms with Gasteiger partial charge in [-0.2, -0.15) is 0 Å². The lowest BCUT2D eigenvalue weighted by molar-refractivity contribution is 0.293. The van der Waals surface area contributed by atoms with Crippen LogP contribution in [-0.2, 0) is 13.1 Å². The van der Waals surface area contributed by atoms with Crippen molar-refractivity contribution < 1.29 is 4.74 Å². The molecule has 19 heavy (non-hydrogen) atoms. The van der Waals surface area contributed by atoms with Crippen molar-refractivity contribution in [3.05, 3.63) is 44.9 Å². The molecular weight excluding hydrogens is 374 g/mol. The Morgan fingerprint density at radius 3 is 2.53 bits per heavy atom. The second-order valence-corrected chi connectivity index (χ2v) is 5.82. The molecule has 0 aliphatic rings. The minimum atomic E-state index is 0.506. The van der Waals surface area contributed by atoms with Gasteiger partial charge in [-0.05, 0) is 56.5 Å². The highest BCUT2D eigenvalue weighted by molar-refractivity contribution is 9.11. The summed E-state index contributed by atoms with van der Waals surface area (Å²) in [5, 5.41) is 0. The van der Waals surface area contributed by atoms with Crippen molar-refractivity contribution in [2.45, 2.75) is 20.0 Å². The molecule has 0 spiro atoms. The average molecular weight is 389 g/mol. The zero-order valence-corrected chi connectivity index (χ0v) is 13.7. The normalized spacial score (nSPS) is 10.7. The summed E-state index contributed by atoms with van der Waals surface area (Å²) in [7, 11) is 0. The number of halogens is 2. The number of rotatable bonds is 5. The van der Waals surface area contributed by atoms with Crippen molar-refractivity contribution in [1.82, 2.24) is 9.55 Å². The van der Waals surface area contributed by atoms with E-state index in [2.05, 4.69) is 41.4 Å². The van der Waals surface area contributed by atoms with Crippen LogP contribution >= 0.6 is 31.9 Å². The number of aryl methyl sites for hydroxylation is 1. The van der Waals surface area contributed by atoms with Gasteiger partial charge in [-0.15, -0.1) is 0 Å². The van der Waals surface area contributed by atoms with E-state index < -0.39 is 0 Å². The molecule has 0 saturated heterocycles. The molecule has 0 amide bonds. The van der Waals surface area contributed by atoms with Crippen LogP contribution in [0.25, 0.3) is 0 Å². The maximum atomic E-state index is 5.81. The Hall–Kier alpha value is -0.850. The summed E-state index contributed by atoms with van der Waals surface area (Å²) < 4.78 is 9.68. The lowest BCUT2D eigenvalue weighted by Gasteiger charge is -2.12. The third-order valence-corrected chi connectivity index (χ3v) is 3.97. The highest BCUT2D eigenvalue weighted by atomic mass is 79.9. The van der Waals surface area contributed by atoms with Crippen molar-refractivity contribution in [2.24, 2.45) is 5.73 Å². The molecule has 0 bridgehead atoms. The van der Waals surface area contributed by atoms with E-state index in [4.69, 9.17) is 10.5 Å². The van der Waals surface area contributed by atoms with Gasteiger partial charge in [-0.1, -0.05) is 0 Å². The molecule has 102 valence electrons.